The van der Waals surface area contributed by atoms with Gasteiger partial charge in [-0.1, -0.05) is 59.6 Å². The van der Waals surface area contributed by atoms with E-state index in [-0.39, 0.29) is 23.5 Å². The number of aromatic hydroxyl groups is 1. The van der Waals surface area contributed by atoms with E-state index in [1.165, 1.54) is 4.90 Å². The predicted octanol–water partition coefficient (Wildman–Crippen LogP) is 2.64. The zero-order valence-corrected chi connectivity index (χ0v) is 26.5. The molecule has 0 aromatic heterocycles. The Morgan fingerprint density at radius 3 is 2.21 bits per heavy atom. The van der Waals surface area contributed by atoms with Crippen LogP contribution in [0.2, 0.25) is 0 Å². The van der Waals surface area contributed by atoms with Crippen LogP contribution >= 0.6 is 0 Å². The Bertz CT molecular complexity index is 1220. The molecule has 1 aromatic rings. The fourth-order valence-corrected chi connectivity index (χ4v) is 5.95. The highest BCUT2D eigenvalue weighted by Crippen LogP contribution is 2.35. The topological polar surface area (TPSA) is 171 Å². The molecule has 5 amide bonds. The minimum Gasteiger partial charge on any atom is -0.508 e. The Morgan fingerprint density at radius 1 is 1.02 bits per heavy atom. The molecule has 1 saturated heterocycles. The summed E-state index contributed by atoms with van der Waals surface area (Å²) in [5.74, 6) is -2.55. The van der Waals surface area contributed by atoms with Crippen LogP contribution in [-0.4, -0.2) is 69.8 Å². The normalized spacial score (nSPS) is 20.3. The second-order valence-electron chi connectivity index (χ2n) is 14.3. The number of hydrogen-bond donors (Lipinski definition) is 5. The third kappa shape index (κ3) is 9.18. The molecule has 0 radical (unpaired) electrons. The van der Waals surface area contributed by atoms with E-state index < -0.39 is 58.6 Å². The van der Waals surface area contributed by atoms with Crippen molar-refractivity contribution in [3.05, 3.63) is 29.8 Å². The van der Waals surface area contributed by atoms with Crippen LogP contribution in [0.25, 0.3) is 0 Å². The van der Waals surface area contributed by atoms with Gasteiger partial charge < -0.3 is 31.7 Å². The van der Waals surface area contributed by atoms with Crippen LogP contribution in [0, 0.1) is 23.2 Å². The number of likely N-dealkylation sites (tertiary alicyclic amines) is 1. The van der Waals surface area contributed by atoms with Gasteiger partial charge in [-0.05, 0) is 74.0 Å². The van der Waals surface area contributed by atoms with Gasteiger partial charge in [-0.25, -0.2) is 4.79 Å². The summed E-state index contributed by atoms with van der Waals surface area (Å²) in [7, 11) is 0. The highest BCUT2D eigenvalue weighted by Gasteiger charge is 2.48. The van der Waals surface area contributed by atoms with Gasteiger partial charge in [0.1, 0.15) is 17.8 Å². The van der Waals surface area contributed by atoms with Gasteiger partial charge in [0.05, 0.1) is 6.04 Å². The Hall–Kier alpha value is -3.63. The van der Waals surface area contributed by atoms with Crippen molar-refractivity contribution in [2.75, 3.05) is 6.54 Å². The SMILES string of the molecule is CC(C)[C@H]1CCN(C(=O)[C@@H](NC(=O)NC(C)(C)Cc2cccc(O)c2)C(C)(C)C)[C@@H]1C(=O)NC(CC1CC1)C(=O)C(N)=O. The van der Waals surface area contributed by atoms with E-state index in [9.17, 15) is 29.1 Å². The molecule has 43 heavy (non-hydrogen) atoms. The molecule has 4 atom stereocenters. The lowest BCUT2D eigenvalue weighted by atomic mass is 9.84. The number of phenolic OH excluding ortho intramolecular Hbond substituents is 1. The molecule has 1 aliphatic carbocycles. The van der Waals surface area contributed by atoms with E-state index in [0.717, 1.165) is 18.4 Å². The molecule has 0 bridgehead atoms. The molecule has 1 heterocycles. The summed E-state index contributed by atoms with van der Waals surface area (Å²) in [6.07, 6.45) is 3.21. The maximum atomic E-state index is 14.2. The molecule has 6 N–H and O–H groups in total. The average Bonchev–Trinajstić information content (AvgIpc) is 3.57. The summed E-state index contributed by atoms with van der Waals surface area (Å²) in [6.45, 7) is 13.5. The maximum absolute atomic E-state index is 14.2. The van der Waals surface area contributed by atoms with E-state index in [4.69, 9.17) is 5.73 Å². The lowest BCUT2D eigenvalue weighted by molar-refractivity contribution is -0.144. The second-order valence-corrected chi connectivity index (χ2v) is 14.3. The van der Waals surface area contributed by atoms with Gasteiger partial charge in [0.15, 0.2) is 0 Å². The molecule has 0 spiro atoms. The van der Waals surface area contributed by atoms with Crippen molar-refractivity contribution in [3.8, 4) is 5.75 Å². The number of carbonyl (C=O) groups is 5. The fraction of sp³-hybridized carbons (Fsp3) is 0.656. The molecule has 11 nitrogen and oxygen atoms in total. The lowest BCUT2D eigenvalue weighted by Gasteiger charge is -2.37. The van der Waals surface area contributed by atoms with Crippen molar-refractivity contribution >= 4 is 29.5 Å². The van der Waals surface area contributed by atoms with Crippen LogP contribution in [0.4, 0.5) is 4.79 Å². The van der Waals surface area contributed by atoms with Gasteiger partial charge in [-0.15, -0.1) is 0 Å². The Balaban J connectivity index is 1.79. The number of nitrogens with two attached hydrogens (primary N) is 1. The van der Waals surface area contributed by atoms with Crippen LogP contribution in [0.1, 0.15) is 79.7 Å². The molecule has 2 fully saturated rings. The lowest BCUT2D eigenvalue weighted by Crippen LogP contribution is -2.62. The molecule has 238 valence electrons. The van der Waals surface area contributed by atoms with Crippen molar-refractivity contribution in [1.29, 1.82) is 0 Å². The zero-order valence-electron chi connectivity index (χ0n) is 26.5. The number of benzene rings is 1. The number of Topliss-reactive ketones (excluding diaryl/α,β-unsaturated/α-hetero) is 1. The van der Waals surface area contributed by atoms with Crippen LogP contribution < -0.4 is 21.7 Å². The van der Waals surface area contributed by atoms with Crippen LogP contribution in [0.3, 0.4) is 0 Å². The standard InChI is InChI=1S/C32H49N5O6/c1-18(2)22-13-14-37(24(22)28(41)34-23(16-19-11-12-19)25(39)27(33)40)29(42)26(31(3,4)5)35-30(43)36-32(6,7)17-20-9-8-10-21(38)15-20/h8-10,15,18-19,22-24,26,38H,11-14,16-17H2,1-7H3,(H2,33,40)(H,34,41)(H2,35,36,43)/t22-,23?,24+,26-/m1/s1. The Kier molecular flexibility index (Phi) is 10.5. The van der Waals surface area contributed by atoms with E-state index in [2.05, 4.69) is 16.0 Å². The maximum Gasteiger partial charge on any atom is 0.315 e. The number of rotatable bonds is 12. The summed E-state index contributed by atoms with van der Waals surface area (Å²) in [6, 6.07) is 3.42. The van der Waals surface area contributed by atoms with E-state index in [1.54, 1.807) is 18.2 Å². The smallest absolute Gasteiger partial charge is 0.315 e. The number of nitrogens with zero attached hydrogens (tertiary/aromatic N) is 1. The minimum absolute atomic E-state index is 0.0600. The average molecular weight is 600 g/mol. The van der Waals surface area contributed by atoms with Gasteiger partial charge >= 0.3 is 6.03 Å². The van der Waals surface area contributed by atoms with Crippen molar-refractivity contribution in [2.45, 2.75) is 104 Å². The number of primary amides is 1. The van der Waals surface area contributed by atoms with Gasteiger partial charge in [0.25, 0.3) is 5.91 Å². The van der Waals surface area contributed by atoms with E-state index in [1.807, 2.05) is 54.5 Å². The molecular formula is C32H49N5O6. The Labute approximate surface area is 254 Å². The van der Waals surface area contributed by atoms with Crippen LogP contribution in [0.15, 0.2) is 24.3 Å². The quantitative estimate of drug-likeness (QED) is 0.231. The highest BCUT2D eigenvalue weighted by molar-refractivity contribution is 6.37. The summed E-state index contributed by atoms with van der Waals surface area (Å²) in [5, 5.41) is 18.4. The van der Waals surface area contributed by atoms with Gasteiger partial charge in [0, 0.05) is 12.1 Å². The molecule has 3 rings (SSSR count). The monoisotopic (exact) mass is 599 g/mol. The summed E-state index contributed by atoms with van der Waals surface area (Å²) in [5.41, 5.74) is 4.72. The number of phenols is 1. The Morgan fingerprint density at radius 2 is 1.67 bits per heavy atom. The predicted molar refractivity (Wildman–Crippen MR) is 163 cm³/mol. The van der Waals surface area contributed by atoms with Gasteiger partial charge in [-0.2, -0.15) is 0 Å². The second kappa shape index (κ2) is 13.3. The third-order valence-corrected chi connectivity index (χ3v) is 8.39. The van der Waals surface area contributed by atoms with Crippen molar-refractivity contribution in [2.24, 2.45) is 28.9 Å². The number of nitrogens with one attached hydrogen (secondary N) is 3. The first-order valence-corrected chi connectivity index (χ1v) is 15.2. The summed E-state index contributed by atoms with van der Waals surface area (Å²) in [4.78, 5) is 67.0. The molecular weight excluding hydrogens is 550 g/mol. The molecule has 1 aliphatic heterocycles. The number of ketones is 1. The first-order chi connectivity index (χ1) is 19.9. The first kappa shape index (κ1) is 33.9. The largest absolute Gasteiger partial charge is 0.508 e. The van der Waals surface area contributed by atoms with Crippen molar-refractivity contribution in [3.63, 3.8) is 0 Å². The number of carbonyl (C=O) groups excluding carboxylic acids is 5. The van der Waals surface area contributed by atoms with E-state index in [0.29, 0.717) is 25.8 Å². The number of hydrogen-bond acceptors (Lipinski definition) is 6. The third-order valence-electron chi connectivity index (χ3n) is 8.39. The molecule has 1 aromatic carbocycles. The van der Waals surface area contributed by atoms with Gasteiger partial charge in [-0.3, -0.25) is 19.2 Å². The molecule has 1 saturated carbocycles. The number of amides is 5. The first-order valence-electron chi connectivity index (χ1n) is 15.2. The van der Waals surface area contributed by atoms with E-state index >= 15 is 0 Å². The van der Waals surface area contributed by atoms with Gasteiger partial charge in [0.2, 0.25) is 17.6 Å². The number of urea groups is 1. The van der Waals surface area contributed by atoms with Crippen LogP contribution in [-0.2, 0) is 25.6 Å². The molecule has 2 aliphatic rings. The zero-order chi connectivity index (χ0) is 32.3. The van der Waals surface area contributed by atoms with Crippen molar-refractivity contribution in [1.82, 2.24) is 20.9 Å². The fourth-order valence-electron chi connectivity index (χ4n) is 5.95. The van der Waals surface area contributed by atoms with Crippen LogP contribution in [0.5, 0.6) is 5.75 Å². The summed E-state index contributed by atoms with van der Waals surface area (Å²) >= 11 is 0. The summed E-state index contributed by atoms with van der Waals surface area (Å²) < 4.78 is 0. The molecule has 11 heteroatoms. The minimum atomic E-state index is -1.10. The van der Waals surface area contributed by atoms with Crippen molar-refractivity contribution < 1.29 is 29.1 Å². The molecule has 1 unspecified atom stereocenters. The highest BCUT2D eigenvalue weighted by atomic mass is 16.3.